The number of rotatable bonds is 3. The van der Waals surface area contributed by atoms with Crippen LogP contribution in [0.3, 0.4) is 0 Å². The molecule has 0 fully saturated rings. The summed E-state index contributed by atoms with van der Waals surface area (Å²) in [5, 5.41) is 7.23. The Labute approximate surface area is 103 Å². The van der Waals surface area contributed by atoms with Crippen LogP contribution in [-0.2, 0) is 4.79 Å². The number of carbonyl (C=O) groups is 1. The highest BCUT2D eigenvalue weighted by Crippen LogP contribution is 2.12. The molecule has 0 radical (unpaired) electrons. The number of amides is 1. The number of pyridine rings is 1. The van der Waals surface area contributed by atoms with Gasteiger partial charge < -0.3 is 5.32 Å². The van der Waals surface area contributed by atoms with Gasteiger partial charge in [-0.05, 0) is 25.1 Å². The highest BCUT2D eigenvalue weighted by Gasteiger charge is 2.15. The molecule has 5 nitrogen and oxygen atoms in total. The van der Waals surface area contributed by atoms with Crippen LogP contribution in [-0.4, -0.2) is 20.7 Å². The van der Waals surface area contributed by atoms with Crippen molar-refractivity contribution >= 4 is 23.3 Å². The van der Waals surface area contributed by atoms with Gasteiger partial charge in [-0.15, -0.1) is 0 Å². The molecule has 2 aromatic rings. The maximum absolute atomic E-state index is 11.9. The third kappa shape index (κ3) is 2.82. The van der Waals surface area contributed by atoms with Crippen LogP contribution in [0.4, 0.5) is 5.82 Å². The number of carbonyl (C=O) groups excluding carboxylic acids is 1. The Morgan fingerprint density at radius 2 is 2.35 bits per heavy atom. The molecule has 6 heteroatoms. The first-order valence-corrected chi connectivity index (χ1v) is 5.46. The van der Waals surface area contributed by atoms with Crippen LogP contribution in [0.5, 0.6) is 0 Å². The molecule has 0 unspecified atom stereocenters. The van der Waals surface area contributed by atoms with Gasteiger partial charge in [-0.3, -0.25) is 9.48 Å². The molecule has 0 aromatic carbocycles. The van der Waals surface area contributed by atoms with Gasteiger partial charge in [-0.1, -0.05) is 11.6 Å². The molecule has 2 aromatic heterocycles. The summed E-state index contributed by atoms with van der Waals surface area (Å²) in [4.78, 5) is 15.8. The van der Waals surface area contributed by atoms with Gasteiger partial charge in [0, 0.05) is 18.6 Å². The second-order valence-electron chi connectivity index (χ2n) is 3.51. The number of halogens is 1. The van der Waals surface area contributed by atoms with E-state index >= 15 is 0 Å². The number of nitrogens with zero attached hydrogens (tertiary/aromatic N) is 3. The van der Waals surface area contributed by atoms with E-state index in [0.29, 0.717) is 10.8 Å². The maximum Gasteiger partial charge on any atom is 0.250 e. The topological polar surface area (TPSA) is 59.8 Å². The van der Waals surface area contributed by atoms with E-state index < -0.39 is 0 Å². The summed E-state index contributed by atoms with van der Waals surface area (Å²) in [6, 6.07) is 4.70. The van der Waals surface area contributed by atoms with E-state index in [1.54, 1.807) is 42.2 Å². The lowest BCUT2D eigenvalue weighted by molar-refractivity contribution is -0.119. The van der Waals surface area contributed by atoms with Crippen molar-refractivity contribution in [2.45, 2.75) is 13.0 Å². The second-order valence-corrected chi connectivity index (χ2v) is 3.95. The van der Waals surface area contributed by atoms with Gasteiger partial charge in [-0.25, -0.2) is 4.98 Å². The molecule has 0 spiro atoms. The molecule has 0 bridgehead atoms. The second kappa shape index (κ2) is 4.97. The molecule has 2 heterocycles. The van der Waals surface area contributed by atoms with Gasteiger partial charge in [0.05, 0.1) is 5.02 Å². The van der Waals surface area contributed by atoms with Crippen LogP contribution in [0, 0.1) is 0 Å². The summed E-state index contributed by atoms with van der Waals surface area (Å²) in [6.45, 7) is 1.76. The third-order valence-corrected chi connectivity index (χ3v) is 2.50. The van der Waals surface area contributed by atoms with Crippen molar-refractivity contribution in [1.29, 1.82) is 0 Å². The summed E-state index contributed by atoms with van der Waals surface area (Å²) in [5.41, 5.74) is 0. The molecule has 88 valence electrons. The lowest BCUT2D eigenvalue weighted by Gasteiger charge is -2.11. The minimum atomic E-state index is -0.387. The molecule has 1 atom stereocenters. The van der Waals surface area contributed by atoms with E-state index in [1.165, 1.54) is 6.20 Å². The van der Waals surface area contributed by atoms with E-state index in [2.05, 4.69) is 15.4 Å². The fraction of sp³-hybridized carbons (Fsp3) is 0.182. The molecule has 17 heavy (non-hydrogen) atoms. The first-order chi connectivity index (χ1) is 8.16. The van der Waals surface area contributed by atoms with Gasteiger partial charge in [0.2, 0.25) is 5.91 Å². The van der Waals surface area contributed by atoms with Crippen molar-refractivity contribution in [3.05, 3.63) is 41.8 Å². The van der Waals surface area contributed by atoms with Gasteiger partial charge >= 0.3 is 0 Å². The highest BCUT2D eigenvalue weighted by atomic mass is 35.5. The van der Waals surface area contributed by atoms with Crippen molar-refractivity contribution in [2.75, 3.05) is 5.32 Å². The molecule has 1 N–H and O–H groups in total. The summed E-state index contributed by atoms with van der Waals surface area (Å²) in [7, 11) is 0. The minimum Gasteiger partial charge on any atom is -0.309 e. The number of aromatic nitrogens is 3. The monoisotopic (exact) mass is 250 g/mol. The Balaban J connectivity index is 2.04. The van der Waals surface area contributed by atoms with E-state index in [0.717, 1.165) is 0 Å². The van der Waals surface area contributed by atoms with E-state index in [-0.39, 0.29) is 11.9 Å². The van der Waals surface area contributed by atoms with Crippen LogP contribution in [0.15, 0.2) is 36.8 Å². The van der Waals surface area contributed by atoms with E-state index in [1.807, 2.05) is 0 Å². The first-order valence-electron chi connectivity index (χ1n) is 5.08. The summed E-state index contributed by atoms with van der Waals surface area (Å²) >= 11 is 5.70. The molecule has 0 saturated heterocycles. The lowest BCUT2D eigenvalue weighted by Crippen LogP contribution is -2.24. The fourth-order valence-corrected chi connectivity index (χ4v) is 1.42. The molecular formula is C11H11ClN4O. The number of hydrogen-bond acceptors (Lipinski definition) is 3. The Bertz CT molecular complexity index is 495. The summed E-state index contributed by atoms with van der Waals surface area (Å²) in [5.74, 6) is 0.293. The smallest absolute Gasteiger partial charge is 0.250 e. The lowest BCUT2D eigenvalue weighted by atomic mass is 10.3. The maximum atomic E-state index is 11.9. The number of nitrogens with one attached hydrogen (secondary N) is 1. The quantitative estimate of drug-likeness (QED) is 0.908. The zero-order chi connectivity index (χ0) is 12.3. The average molecular weight is 251 g/mol. The Morgan fingerprint density at radius 3 is 2.94 bits per heavy atom. The molecule has 0 aliphatic carbocycles. The molecule has 0 saturated carbocycles. The first kappa shape index (κ1) is 11.6. The SMILES string of the molecule is C[C@@H](C(=O)Nc1ccc(Cl)cn1)n1cccn1. The minimum absolute atomic E-state index is 0.177. The van der Waals surface area contributed by atoms with E-state index in [4.69, 9.17) is 11.6 Å². The Morgan fingerprint density at radius 1 is 1.53 bits per heavy atom. The number of hydrogen-bond donors (Lipinski definition) is 1. The van der Waals surface area contributed by atoms with Crippen molar-refractivity contribution in [3.63, 3.8) is 0 Å². The van der Waals surface area contributed by atoms with Crippen molar-refractivity contribution in [2.24, 2.45) is 0 Å². The van der Waals surface area contributed by atoms with Crippen LogP contribution in [0.25, 0.3) is 0 Å². The zero-order valence-electron chi connectivity index (χ0n) is 9.17. The predicted octanol–water partition coefficient (Wildman–Crippen LogP) is 2.13. The molecule has 0 aliphatic rings. The summed E-state index contributed by atoms with van der Waals surface area (Å²) in [6.07, 6.45) is 4.85. The predicted molar refractivity (Wildman–Crippen MR) is 64.8 cm³/mol. The molecule has 1 amide bonds. The Kier molecular flexibility index (Phi) is 3.39. The molecular weight excluding hydrogens is 240 g/mol. The van der Waals surface area contributed by atoms with Crippen LogP contribution >= 0.6 is 11.6 Å². The number of anilines is 1. The third-order valence-electron chi connectivity index (χ3n) is 2.28. The van der Waals surface area contributed by atoms with Crippen LogP contribution in [0.2, 0.25) is 5.02 Å². The van der Waals surface area contributed by atoms with Crippen molar-refractivity contribution in [1.82, 2.24) is 14.8 Å². The van der Waals surface area contributed by atoms with E-state index in [9.17, 15) is 4.79 Å². The fourth-order valence-electron chi connectivity index (χ4n) is 1.31. The molecule has 2 rings (SSSR count). The van der Waals surface area contributed by atoms with Gasteiger partial charge in [0.1, 0.15) is 11.9 Å². The van der Waals surface area contributed by atoms with Gasteiger partial charge in [0.15, 0.2) is 0 Å². The normalized spacial score (nSPS) is 12.1. The highest BCUT2D eigenvalue weighted by molar-refractivity contribution is 6.30. The largest absolute Gasteiger partial charge is 0.309 e. The van der Waals surface area contributed by atoms with Gasteiger partial charge in [0.25, 0.3) is 0 Å². The van der Waals surface area contributed by atoms with Crippen molar-refractivity contribution in [3.8, 4) is 0 Å². The average Bonchev–Trinajstić information content (AvgIpc) is 2.84. The van der Waals surface area contributed by atoms with Crippen LogP contribution < -0.4 is 5.32 Å². The van der Waals surface area contributed by atoms with Crippen LogP contribution in [0.1, 0.15) is 13.0 Å². The standard InChI is InChI=1S/C11H11ClN4O/c1-8(16-6-2-5-14-16)11(17)15-10-4-3-9(12)7-13-10/h2-8H,1H3,(H,13,15,17)/t8-/m0/s1. The van der Waals surface area contributed by atoms with Crippen molar-refractivity contribution < 1.29 is 4.79 Å². The summed E-state index contributed by atoms with van der Waals surface area (Å²) < 4.78 is 1.57. The van der Waals surface area contributed by atoms with Gasteiger partial charge in [-0.2, -0.15) is 5.10 Å². The zero-order valence-corrected chi connectivity index (χ0v) is 9.93. The molecule has 0 aliphatic heterocycles. The Hall–Kier alpha value is -1.88.